The molecule has 1 aromatic carbocycles. The Morgan fingerprint density at radius 3 is 2.47 bits per heavy atom. The molecule has 0 unspecified atom stereocenters. The number of nitrogens with zero attached hydrogens (tertiary/aromatic N) is 1. The van der Waals surface area contributed by atoms with Gasteiger partial charge in [0.1, 0.15) is 0 Å². The lowest BCUT2D eigenvalue weighted by Crippen LogP contribution is -2.43. The lowest BCUT2D eigenvalue weighted by Gasteiger charge is -2.18. The molecule has 2 atom stereocenters. The van der Waals surface area contributed by atoms with Gasteiger partial charge in [0.2, 0.25) is 11.6 Å². The highest BCUT2D eigenvalue weighted by Gasteiger charge is 2.25. The van der Waals surface area contributed by atoms with E-state index >= 15 is 0 Å². The number of benzene rings is 1. The molecule has 0 spiro atoms. The third-order valence-corrected chi connectivity index (χ3v) is 4.47. The van der Waals surface area contributed by atoms with Gasteiger partial charge in [-0.25, -0.2) is 9.18 Å². The maximum absolute atomic E-state index is 12.4. The number of carbonyl (C=O) groups excluding carboxylic acids is 2. The molecule has 0 saturated carbocycles. The van der Waals surface area contributed by atoms with Crippen molar-refractivity contribution in [3.8, 4) is 0 Å². The van der Waals surface area contributed by atoms with Gasteiger partial charge in [-0.2, -0.15) is 0 Å². The van der Waals surface area contributed by atoms with Gasteiger partial charge >= 0.3 is 5.97 Å². The van der Waals surface area contributed by atoms with Gasteiger partial charge in [-0.1, -0.05) is 37.6 Å². The van der Waals surface area contributed by atoms with Gasteiger partial charge in [-0.05, 0) is 45.2 Å². The molecule has 0 radical (unpaired) electrons. The van der Waals surface area contributed by atoms with Crippen LogP contribution in [0.4, 0.5) is 10.1 Å². The van der Waals surface area contributed by atoms with Crippen molar-refractivity contribution in [1.29, 1.82) is 0 Å². The largest absolute Gasteiger partial charge is 0.479 e. The second-order valence-electron chi connectivity index (χ2n) is 7.70. The quantitative estimate of drug-likeness (QED) is 0.586. The number of halogens is 1. The maximum atomic E-state index is 12.4. The number of carbonyl (C=O) groups is 3. The Labute approximate surface area is 177 Å². The number of carboxylic acids is 1. The van der Waals surface area contributed by atoms with E-state index in [2.05, 4.69) is 11.4 Å². The van der Waals surface area contributed by atoms with Crippen LogP contribution >= 0.6 is 0 Å². The van der Waals surface area contributed by atoms with E-state index < -0.39 is 17.7 Å². The predicted octanol–water partition coefficient (Wildman–Crippen LogP) is 2.58. The average Bonchev–Trinajstić information content (AvgIpc) is 3.10. The van der Waals surface area contributed by atoms with Crippen LogP contribution in [0, 0.1) is 0 Å². The lowest BCUT2D eigenvalue weighted by atomic mass is 10.1. The van der Waals surface area contributed by atoms with Crippen molar-refractivity contribution < 1.29 is 23.9 Å². The number of anilines is 1. The molecule has 0 fully saturated rings. The number of aliphatic carboxylic acids is 1. The van der Waals surface area contributed by atoms with E-state index in [0.717, 1.165) is 38.8 Å². The molecule has 7 nitrogen and oxygen atoms in total. The minimum absolute atomic E-state index is 0.0499. The lowest BCUT2D eigenvalue weighted by molar-refractivity contribution is -0.148. The summed E-state index contributed by atoms with van der Waals surface area (Å²) in [6.07, 6.45) is 5.90. The van der Waals surface area contributed by atoms with Crippen molar-refractivity contribution in [2.24, 2.45) is 5.73 Å². The van der Waals surface area contributed by atoms with Crippen LogP contribution in [0.15, 0.2) is 36.4 Å². The van der Waals surface area contributed by atoms with Gasteiger partial charge in [-0.3, -0.25) is 9.59 Å². The standard InChI is InChI=1S/C18H25N3O2.C4H7FO2/c1-3-6-15(20-18(23)13(2)19)9-10-17(22)21-12-11-14-7-4-5-8-16(14)21;1-4(2,5)3(6)7/h4-5,7-10,13,15H,3,6,11-12,19H2,1-2H3,(H,20,23);1-2H3,(H,6,7)/b10-9+;/t13-,15-;/m0./s1. The van der Waals surface area contributed by atoms with E-state index in [4.69, 9.17) is 10.8 Å². The summed E-state index contributed by atoms with van der Waals surface area (Å²) in [7, 11) is 0. The molecule has 30 heavy (non-hydrogen) atoms. The van der Waals surface area contributed by atoms with Crippen LogP contribution in [-0.4, -0.2) is 47.2 Å². The molecule has 1 heterocycles. The van der Waals surface area contributed by atoms with Gasteiger partial charge in [0.05, 0.1) is 6.04 Å². The van der Waals surface area contributed by atoms with Crippen LogP contribution in [0.25, 0.3) is 0 Å². The third kappa shape index (κ3) is 7.94. The fourth-order valence-corrected chi connectivity index (χ4v) is 2.70. The summed E-state index contributed by atoms with van der Waals surface area (Å²) in [5, 5.41) is 10.7. The molecule has 0 aromatic heterocycles. The van der Waals surface area contributed by atoms with E-state index in [1.165, 1.54) is 5.56 Å². The van der Waals surface area contributed by atoms with Crippen LogP contribution in [-0.2, 0) is 20.8 Å². The van der Waals surface area contributed by atoms with E-state index in [0.29, 0.717) is 6.54 Å². The van der Waals surface area contributed by atoms with E-state index in [-0.39, 0.29) is 17.9 Å². The van der Waals surface area contributed by atoms with Crippen LogP contribution in [0.3, 0.4) is 0 Å². The fraction of sp³-hybridized carbons (Fsp3) is 0.500. The normalized spacial score (nSPS) is 15.1. The Balaban J connectivity index is 0.000000553. The first-order chi connectivity index (χ1) is 14.0. The number of fused-ring (bicyclic) bond motifs is 1. The molecule has 2 rings (SSSR count). The molecule has 2 amide bonds. The minimum atomic E-state index is -2.08. The molecule has 8 heteroatoms. The van der Waals surface area contributed by atoms with Crippen molar-refractivity contribution in [1.82, 2.24) is 5.32 Å². The van der Waals surface area contributed by atoms with Gasteiger partial charge in [-0.15, -0.1) is 0 Å². The van der Waals surface area contributed by atoms with Gasteiger partial charge < -0.3 is 21.1 Å². The Morgan fingerprint density at radius 1 is 1.33 bits per heavy atom. The third-order valence-electron chi connectivity index (χ3n) is 4.47. The van der Waals surface area contributed by atoms with E-state index in [9.17, 15) is 18.8 Å². The Kier molecular flexibility index (Phi) is 9.65. The fourth-order valence-electron chi connectivity index (χ4n) is 2.70. The Morgan fingerprint density at radius 2 is 1.93 bits per heavy atom. The molecule has 0 saturated heterocycles. The van der Waals surface area contributed by atoms with Crippen LogP contribution in [0.2, 0.25) is 0 Å². The van der Waals surface area contributed by atoms with Gasteiger partial charge in [0, 0.05) is 24.4 Å². The summed E-state index contributed by atoms with van der Waals surface area (Å²) in [4.78, 5) is 35.6. The van der Waals surface area contributed by atoms with Crippen LogP contribution in [0.5, 0.6) is 0 Å². The SMILES string of the molecule is CC(C)(F)C(=O)O.CCC[C@@H](/C=C/C(=O)N1CCc2ccccc21)NC(=O)[C@H](C)N. The van der Waals surface area contributed by atoms with Crippen molar-refractivity contribution in [2.45, 2.75) is 64.7 Å². The Hall–Kier alpha value is -2.74. The zero-order valence-corrected chi connectivity index (χ0v) is 18.0. The monoisotopic (exact) mass is 421 g/mol. The molecule has 0 bridgehead atoms. The molecule has 166 valence electrons. The predicted molar refractivity (Wildman–Crippen MR) is 115 cm³/mol. The minimum Gasteiger partial charge on any atom is -0.479 e. The molecule has 1 aromatic rings. The first kappa shape index (κ1) is 25.3. The zero-order chi connectivity index (χ0) is 22.9. The first-order valence-corrected chi connectivity index (χ1v) is 10.0. The number of alkyl halides is 1. The van der Waals surface area contributed by atoms with Crippen molar-refractivity contribution in [2.75, 3.05) is 11.4 Å². The van der Waals surface area contributed by atoms with E-state index in [1.54, 1.807) is 24.0 Å². The summed E-state index contributed by atoms with van der Waals surface area (Å²) < 4.78 is 11.9. The average molecular weight is 422 g/mol. The van der Waals surface area contributed by atoms with Crippen LogP contribution in [0.1, 0.15) is 46.1 Å². The molecular weight excluding hydrogens is 389 g/mol. The summed E-state index contributed by atoms with van der Waals surface area (Å²) in [6.45, 7) is 6.38. The number of nitrogens with two attached hydrogens (primary N) is 1. The highest BCUT2D eigenvalue weighted by Crippen LogP contribution is 2.27. The van der Waals surface area contributed by atoms with Crippen molar-refractivity contribution in [3.05, 3.63) is 42.0 Å². The number of hydrogen-bond acceptors (Lipinski definition) is 4. The molecule has 1 aliphatic rings. The summed E-state index contributed by atoms with van der Waals surface area (Å²) in [6, 6.07) is 7.23. The highest BCUT2D eigenvalue weighted by atomic mass is 19.1. The van der Waals surface area contributed by atoms with Gasteiger partial charge in [0.25, 0.3) is 5.91 Å². The first-order valence-electron chi connectivity index (χ1n) is 10.0. The molecule has 4 N–H and O–H groups in total. The summed E-state index contributed by atoms with van der Waals surface area (Å²) >= 11 is 0. The number of para-hydroxylation sites is 1. The highest BCUT2D eigenvalue weighted by molar-refractivity contribution is 6.03. The number of carboxylic acid groups (broad SMARTS) is 1. The second kappa shape index (κ2) is 11.4. The number of rotatable bonds is 7. The maximum Gasteiger partial charge on any atom is 0.340 e. The molecular formula is C22H32FN3O4. The number of hydrogen-bond donors (Lipinski definition) is 3. The summed E-state index contributed by atoms with van der Waals surface area (Å²) in [5.41, 5.74) is 5.67. The second-order valence-corrected chi connectivity index (χ2v) is 7.70. The summed E-state index contributed by atoms with van der Waals surface area (Å²) in [5.74, 6) is -1.68. The molecule has 0 aliphatic carbocycles. The van der Waals surface area contributed by atoms with Crippen molar-refractivity contribution >= 4 is 23.5 Å². The zero-order valence-electron chi connectivity index (χ0n) is 18.0. The number of amides is 2. The smallest absolute Gasteiger partial charge is 0.340 e. The van der Waals surface area contributed by atoms with Gasteiger partial charge in [0.15, 0.2) is 0 Å². The Bertz CT molecular complexity index is 772. The van der Waals surface area contributed by atoms with E-state index in [1.807, 2.05) is 25.1 Å². The van der Waals surface area contributed by atoms with Crippen molar-refractivity contribution in [3.63, 3.8) is 0 Å². The van der Waals surface area contributed by atoms with Crippen LogP contribution < -0.4 is 16.0 Å². The molecule has 1 aliphatic heterocycles. The topological polar surface area (TPSA) is 113 Å². The number of nitrogens with one attached hydrogen (secondary N) is 1.